The average Bonchev–Trinajstić information content (AvgIpc) is 2.85. The van der Waals surface area contributed by atoms with E-state index in [1.807, 2.05) is 32.0 Å². The number of ether oxygens (including phenoxy) is 1. The van der Waals surface area contributed by atoms with E-state index in [1.54, 1.807) is 6.07 Å². The van der Waals surface area contributed by atoms with Gasteiger partial charge in [0.2, 0.25) is 0 Å². The number of hydrogen-bond donors (Lipinski definition) is 2. The van der Waals surface area contributed by atoms with Gasteiger partial charge in [-0.1, -0.05) is 17.7 Å². The van der Waals surface area contributed by atoms with Crippen LogP contribution in [0.3, 0.4) is 0 Å². The first kappa shape index (κ1) is 13.6. The maximum Gasteiger partial charge on any atom is 0.275 e. The lowest BCUT2D eigenvalue weighted by molar-refractivity contribution is 0.0957. The molecule has 4 nitrogen and oxygen atoms in total. The molecule has 0 saturated carbocycles. The zero-order valence-corrected chi connectivity index (χ0v) is 11.7. The summed E-state index contributed by atoms with van der Waals surface area (Å²) in [4.78, 5) is 12.9. The standard InChI is InChI=1S/C14H16N2O2S/c1-9-3-5-12(10(2)7-9)18-8-11-4-6-13(19-11)14(17)16-15/h3-7H,8,15H2,1-2H3,(H,16,17). The van der Waals surface area contributed by atoms with E-state index in [0.717, 1.165) is 16.2 Å². The van der Waals surface area contributed by atoms with Crippen LogP contribution >= 0.6 is 11.3 Å². The van der Waals surface area contributed by atoms with Gasteiger partial charge in [0.05, 0.1) is 4.88 Å². The number of hydrogen-bond acceptors (Lipinski definition) is 4. The molecular weight excluding hydrogens is 260 g/mol. The molecule has 0 radical (unpaired) electrons. The second-order valence-corrected chi connectivity index (χ2v) is 5.47. The van der Waals surface area contributed by atoms with Gasteiger partial charge in [-0.25, -0.2) is 5.84 Å². The molecule has 5 heteroatoms. The number of nitrogens with two attached hydrogens (primary N) is 1. The van der Waals surface area contributed by atoms with Crippen LogP contribution in [0.25, 0.3) is 0 Å². The molecule has 0 fully saturated rings. The van der Waals surface area contributed by atoms with Gasteiger partial charge >= 0.3 is 0 Å². The highest BCUT2D eigenvalue weighted by Gasteiger charge is 2.08. The normalized spacial score (nSPS) is 10.3. The van der Waals surface area contributed by atoms with E-state index in [1.165, 1.54) is 16.9 Å². The summed E-state index contributed by atoms with van der Waals surface area (Å²) < 4.78 is 5.75. The molecule has 100 valence electrons. The van der Waals surface area contributed by atoms with Crippen molar-refractivity contribution in [2.75, 3.05) is 0 Å². The number of nitrogen functional groups attached to an aromatic ring is 1. The molecule has 1 aromatic carbocycles. The van der Waals surface area contributed by atoms with Gasteiger partial charge in [0.1, 0.15) is 12.4 Å². The first-order valence-electron chi connectivity index (χ1n) is 5.90. The first-order chi connectivity index (χ1) is 9.10. The van der Waals surface area contributed by atoms with Gasteiger partial charge in [0.25, 0.3) is 5.91 Å². The van der Waals surface area contributed by atoms with Crippen molar-refractivity contribution < 1.29 is 9.53 Å². The Morgan fingerprint density at radius 2 is 2.11 bits per heavy atom. The number of hydrazine groups is 1. The van der Waals surface area contributed by atoms with Crippen LogP contribution in [0, 0.1) is 13.8 Å². The van der Waals surface area contributed by atoms with Crippen LogP contribution in [0.1, 0.15) is 25.7 Å². The van der Waals surface area contributed by atoms with Crippen molar-refractivity contribution in [2.45, 2.75) is 20.5 Å². The third-order valence-corrected chi connectivity index (χ3v) is 3.77. The molecular formula is C14H16N2O2S. The largest absolute Gasteiger partial charge is 0.488 e. The quantitative estimate of drug-likeness (QED) is 0.512. The van der Waals surface area contributed by atoms with Gasteiger partial charge in [-0.3, -0.25) is 10.2 Å². The fourth-order valence-corrected chi connectivity index (χ4v) is 2.58. The molecule has 1 amide bonds. The predicted molar refractivity (Wildman–Crippen MR) is 76.2 cm³/mol. The molecule has 0 saturated heterocycles. The highest BCUT2D eigenvalue weighted by Crippen LogP contribution is 2.22. The summed E-state index contributed by atoms with van der Waals surface area (Å²) in [6, 6.07) is 9.68. The van der Waals surface area contributed by atoms with Crippen LogP contribution in [0.15, 0.2) is 30.3 Å². The second kappa shape index (κ2) is 5.86. The summed E-state index contributed by atoms with van der Waals surface area (Å²) in [6.45, 7) is 4.52. The molecule has 2 rings (SSSR count). The van der Waals surface area contributed by atoms with Gasteiger partial charge in [-0.2, -0.15) is 0 Å². The maximum absolute atomic E-state index is 11.3. The summed E-state index contributed by atoms with van der Waals surface area (Å²) in [5.74, 6) is 5.68. The summed E-state index contributed by atoms with van der Waals surface area (Å²) in [5.41, 5.74) is 4.43. The number of carbonyl (C=O) groups excluding carboxylic acids is 1. The Morgan fingerprint density at radius 1 is 1.32 bits per heavy atom. The molecule has 0 atom stereocenters. The molecule has 0 spiro atoms. The number of rotatable bonds is 4. The van der Waals surface area contributed by atoms with Crippen molar-refractivity contribution in [1.29, 1.82) is 0 Å². The Balaban J connectivity index is 2.02. The van der Waals surface area contributed by atoms with E-state index in [-0.39, 0.29) is 5.91 Å². The smallest absolute Gasteiger partial charge is 0.275 e. The first-order valence-corrected chi connectivity index (χ1v) is 6.71. The van der Waals surface area contributed by atoms with E-state index in [9.17, 15) is 4.79 Å². The molecule has 2 aromatic rings. The van der Waals surface area contributed by atoms with Crippen molar-refractivity contribution in [2.24, 2.45) is 5.84 Å². The van der Waals surface area contributed by atoms with Crippen molar-refractivity contribution in [3.05, 3.63) is 51.2 Å². The van der Waals surface area contributed by atoms with E-state index < -0.39 is 0 Å². The molecule has 0 aliphatic rings. The highest BCUT2D eigenvalue weighted by molar-refractivity contribution is 7.14. The molecule has 0 unspecified atom stereocenters. The summed E-state index contributed by atoms with van der Waals surface area (Å²) >= 11 is 1.38. The lowest BCUT2D eigenvalue weighted by atomic mass is 10.1. The zero-order chi connectivity index (χ0) is 13.8. The zero-order valence-electron chi connectivity index (χ0n) is 10.9. The van der Waals surface area contributed by atoms with Crippen LogP contribution < -0.4 is 16.0 Å². The van der Waals surface area contributed by atoms with Gasteiger partial charge < -0.3 is 4.74 Å². The molecule has 1 heterocycles. The monoisotopic (exact) mass is 276 g/mol. The van der Waals surface area contributed by atoms with Gasteiger partial charge in [-0.05, 0) is 37.6 Å². The fourth-order valence-electron chi connectivity index (χ4n) is 1.76. The molecule has 0 bridgehead atoms. The van der Waals surface area contributed by atoms with Crippen molar-refractivity contribution in [3.63, 3.8) is 0 Å². The van der Waals surface area contributed by atoms with E-state index in [4.69, 9.17) is 10.6 Å². The van der Waals surface area contributed by atoms with Gasteiger partial charge in [0, 0.05) is 4.88 Å². The van der Waals surface area contributed by atoms with Gasteiger partial charge in [-0.15, -0.1) is 11.3 Å². The highest BCUT2D eigenvalue weighted by atomic mass is 32.1. The third-order valence-electron chi connectivity index (χ3n) is 2.72. The minimum atomic E-state index is -0.275. The van der Waals surface area contributed by atoms with E-state index >= 15 is 0 Å². The van der Waals surface area contributed by atoms with Gasteiger partial charge in [0.15, 0.2) is 0 Å². The molecule has 0 aliphatic heterocycles. The van der Waals surface area contributed by atoms with Crippen LogP contribution in [-0.2, 0) is 6.61 Å². The Morgan fingerprint density at radius 3 is 2.79 bits per heavy atom. The Kier molecular flexibility index (Phi) is 4.19. The summed E-state index contributed by atoms with van der Waals surface area (Å²) in [6.07, 6.45) is 0. The maximum atomic E-state index is 11.3. The van der Waals surface area contributed by atoms with Crippen LogP contribution in [0.4, 0.5) is 0 Å². The molecule has 0 aliphatic carbocycles. The predicted octanol–water partition coefficient (Wildman–Crippen LogP) is 2.55. The summed E-state index contributed by atoms with van der Waals surface area (Å²) in [7, 11) is 0. The number of amides is 1. The number of carbonyl (C=O) groups is 1. The summed E-state index contributed by atoms with van der Waals surface area (Å²) in [5, 5.41) is 0. The van der Waals surface area contributed by atoms with Crippen molar-refractivity contribution in [3.8, 4) is 5.75 Å². The Bertz CT molecular complexity index is 593. The number of nitrogens with one attached hydrogen (secondary N) is 1. The Labute approximate surface area is 116 Å². The SMILES string of the molecule is Cc1ccc(OCc2ccc(C(=O)NN)s2)c(C)c1. The van der Waals surface area contributed by atoms with Crippen LogP contribution in [-0.4, -0.2) is 5.91 Å². The van der Waals surface area contributed by atoms with Crippen LogP contribution in [0.2, 0.25) is 0 Å². The topological polar surface area (TPSA) is 64.3 Å². The lowest BCUT2D eigenvalue weighted by Crippen LogP contribution is -2.29. The number of thiophene rings is 1. The third kappa shape index (κ3) is 3.33. The van der Waals surface area contributed by atoms with Crippen molar-refractivity contribution >= 4 is 17.2 Å². The average molecular weight is 276 g/mol. The van der Waals surface area contributed by atoms with Crippen molar-refractivity contribution in [1.82, 2.24) is 5.43 Å². The number of aryl methyl sites for hydroxylation is 2. The minimum absolute atomic E-state index is 0.275. The second-order valence-electron chi connectivity index (χ2n) is 4.30. The number of benzene rings is 1. The van der Waals surface area contributed by atoms with E-state index in [2.05, 4.69) is 11.5 Å². The van der Waals surface area contributed by atoms with E-state index in [0.29, 0.717) is 11.5 Å². The minimum Gasteiger partial charge on any atom is -0.488 e. The molecule has 1 aromatic heterocycles. The molecule has 19 heavy (non-hydrogen) atoms. The lowest BCUT2D eigenvalue weighted by Gasteiger charge is -2.08. The Hall–Kier alpha value is -1.85. The fraction of sp³-hybridized carbons (Fsp3) is 0.214. The molecule has 3 N–H and O–H groups in total. The van der Waals surface area contributed by atoms with Crippen LogP contribution in [0.5, 0.6) is 5.75 Å².